The predicted octanol–water partition coefficient (Wildman–Crippen LogP) is 4.06. The Morgan fingerprint density at radius 2 is 1.75 bits per heavy atom. The van der Waals surface area contributed by atoms with Gasteiger partial charge in [0.1, 0.15) is 17.5 Å². The highest BCUT2D eigenvalue weighted by Gasteiger charge is 2.22. The molecule has 2 aromatic heterocycles. The molecule has 0 N–H and O–H groups in total. The summed E-state index contributed by atoms with van der Waals surface area (Å²) in [5, 5.41) is 8.91. The van der Waals surface area contributed by atoms with Crippen molar-refractivity contribution in [3.63, 3.8) is 0 Å². The number of nitriles is 1. The minimum Gasteiger partial charge on any atom is -0.488 e. The van der Waals surface area contributed by atoms with Crippen LogP contribution in [-0.4, -0.2) is 34.1 Å². The van der Waals surface area contributed by atoms with Gasteiger partial charge in [-0.15, -0.1) is 0 Å². The van der Waals surface area contributed by atoms with Gasteiger partial charge in [0.15, 0.2) is 0 Å². The Morgan fingerprint density at radius 1 is 1.00 bits per heavy atom. The molecule has 0 bridgehead atoms. The van der Waals surface area contributed by atoms with Gasteiger partial charge in [0.05, 0.1) is 11.6 Å². The lowest BCUT2D eigenvalue weighted by Gasteiger charge is -2.32. The van der Waals surface area contributed by atoms with Crippen molar-refractivity contribution in [1.29, 1.82) is 5.26 Å². The highest BCUT2D eigenvalue weighted by atomic mass is 16.5. The Morgan fingerprint density at radius 3 is 2.46 bits per heavy atom. The lowest BCUT2D eigenvalue weighted by atomic mass is 10.1. The monoisotopic (exact) mass is 370 g/mol. The molecule has 0 aliphatic carbocycles. The Hall–Kier alpha value is -3.23. The van der Waals surface area contributed by atoms with E-state index in [0.29, 0.717) is 5.56 Å². The van der Waals surface area contributed by atoms with Crippen LogP contribution in [0.2, 0.25) is 0 Å². The van der Waals surface area contributed by atoms with Gasteiger partial charge in [0.2, 0.25) is 0 Å². The highest BCUT2D eigenvalue weighted by molar-refractivity contribution is 5.65. The van der Waals surface area contributed by atoms with Gasteiger partial charge in [0, 0.05) is 43.8 Å². The molecule has 0 saturated carbocycles. The van der Waals surface area contributed by atoms with Gasteiger partial charge in [-0.25, -0.2) is 0 Å². The van der Waals surface area contributed by atoms with E-state index in [1.165, 1.54) is 5.56 Å². The molecule has 5 nitrogen and oxygen atoms in total. The van der Waals surface area contributed by atoms with E-state index in [0.717, 1.165) is 49.5 Å². The highest BCUT2D eigenvalue weighted by Crippen LogP contribution is 2.29. The molecule has 28 heavy (non-hydrogen) atoms. The van der Waals surface area contributed by atoms with Crippen LogP contribution in [0.4, 0.5) is 0 Å². The van der Waals surface area contributed by atoms with Crippen molar-refractivity contribution >= 4 is 0 Å². The van der Waals surface area contributed by atoms with Crippen LogP contribution in [-0.2, 0) is 6.54 Å². The van der Waals surface area contributed by atoms with Crippen LogP contribution in [0.15, 0.2) is 67.1 Å². The van der Waals surface area contributed by atoms with Crippen LogP contribution >= 0.6 is 0 Å². The number of pyridine rings is 2. The molecule has 0 unspecified atom stereocenters. The van der Waals surface area contributed by atoms with Crippen LogP contribution in [0.5, 0.6) is 5.75 Å². The number of hydrogen-bond donors (Lipinski definition) is 0. The van der Waals surface area contributed by atoms with Crippen LogP contribution in [0, 0.1) is 11.3 Å². The molecule has 0 radical (unpaired) electrons. The summed E-state index contributed by atoms with van der Waals surface area (Å²) in [5.74, 6) is 0.833. The average molecular weight is 370 g/mol. The number of piperidine rings is 1. The van der Waals surface area contributed by atoms with Crippen molar-refractivity contribution in [2.45, 2.75) is 25.5 Å². The lowest BCUT2D eigenvalue weighted by Crippen LogP contribution is -2.37. The second-order valence-electron chi connectivity index (χ2n) is 6.99. The van der Waals surface area contributed by atoms with Crippen molar-refractivity contribution < 1.29 is 4.74 Å². The van der Waals surface area contributed by atoms with E-state index in [2.05, 4.69) is 20.9 Å². The fourth-order valence-electron chi connectivity index (χ4n) is 3.52. The number of nitrogens with zero attached hydrogens (tertiary/aromatic N) is 4. The topological polar surface area (TPSA) is 62.0 Å². The molecular formula is C23H22N4O. The second kappa shape index (κ2) is 8.64. The molecule has 1 aliphatic heterocycles. The molecule has 1 aromatic carbocycles. The number of likely N-dealkylation sites (tertiary alicyclic amines) is 1. The van der Waals surface area contributed by atoms with Gasteiger partial charge < -0.3 is 4.74 Å². The number of benzene rings is 1. The van der Waals surface area contributed by atoms with E-state index in [1.807, 2.05) is 48.5 Å². The zero-order chi connectivity index (χ0) is 19.2. The summed E-state index contributed by atoms with van der Waals surface area (Å²) in [4.78, 5) is 11.0. The molecule has 3 heterocycles. The predicted molar refractivity (Wildman–Crippen MR) is 108 cm³/mol. The first-order valence-corrected chi connectivity index (χ1v) is 9.55. The van der Waals surface area contributed by atoms with Gasteiger partial charge in [-0.1, -0.05) is 12.1 Å². The van der Waals surface area contributed by atoms with E-state index in [4.69, 9.17) is 10.00 Å². The lowest BCUT2D eigenvalue weighted by molar-refractivity contribution is 0.0970. The first-order chi connectivity index (χ1) is 13.8. The number of hydrogen-bond acceptors (Lipinski definition) is 5. The molecule has 0 atom stereocenters. The van der Waals surface area contributed by atoms with Crippen molar-refractivity contribution in [2.75, 3.05) is 13.1 Å². The maximum Gasteiger partial charge on any atom is 0.145 e. The molecule has 4 rings (SSSR count). The molecule has 1 saturated heterocycles. The molecule has 5 heteroatoms. The van der Waals surface area contributed by atoms with E-state index >= 15 is 0 Å². The van der Waals surface area contributed by atoms with Gasteiger partial charge >= 0.3 is 0 Å². The Labute approximate surface area is 165 Å². The van der Waals surface area contributed by atoms with Gasteiger partial charge in [0.25, 0.3) is 0 Å². The smallest absolute Gasteiger partial charge is 0.145 e. The summed E-state index contributed by atoms with van der Waals surface area (Å²) in [5.41, 5.74) is 3.83. The number of ether oxygens (including phenoxy) is 1. The normalized spacial score (nSPS) is 15.1. The minimum atomic E-state index is 0.196. The Bertz CT molecular complexity index is 942. The van der Waals surface area contributed by atoms with Crippen molar-refractivity contribution in [3.05, 3.63) is 78.2 Å². The van der Waals surface area contributed by atoms with Crippen LogP contribution < -0.4 is 4.74 Å². The van der Waals surface area contributed by atoms with Crippen LogP contribution in [0.3, 0.4) is 0 Å². The Kier molecular flexibility index (Phi) is 5.60. The number of rotatable bonds is 5. The van der Waals surface area contributed by atoms with Crippen LogP contribution in [0.1, 0.15) is 24.0 Å². The molecule has 1 aliphatic rings. The van der Waals surface area contributed by atoms with Crippen molar-refractivity contribution in [1.82, 2.24) is 14.9 Å². The Balaban J connectivity index is 1.35. The number of aromatic nitrogens is 2. The third kappa shape index (κ3) is 4.36. The quantitative estimate of drug-likeness (QED) is 0.678. The maximum absolute atomic E-state index is 8.91. The van der Waals surface area contributed by atoms with Gasteiger partial charge in [-0.3, -0.25) is 14.9 Å². The van der Waals surface area contributed by atoms with E-state index in [1.54, 1.807) is 18.6 Å². The third-order valence-corrected chi connectivity index (χ3v) is 5.04. The first kappa shape index (κ1) is 18.1. The molecule has 0 spiro atoms. The standard InChI is InChI=1S/C23H22N4O/c24-16-18-3-5-19(6-4-18)17-27-14-9-21(10-15-27)28-22-2-1-11-26-23(22)20-7-12-25-13-8-20/h1-8,11-13,21H,9-10,14-15,17H2. The summed E-state index contributed by atoms with van der Waals surface area (Å²) in [6.45, 7) is 2.90. The first-order valence-electron chi connectivity index (χ1n) is 9.55. The summed E-state index contributed by atoms with van der Waals surface area (Å²) in [7, 11) is 0. The average Bonchev–Trinajstić information content (AvgIpc) is 2.77. The molecule has 3 aromatic rings. The summed E-state index contributed by atoms with van der Waals surface area (Å²) in [6, 6.07) is 17.8. The minimum absolute atomic E-state index is 0.196. The van der Waals surface area contributed by atoms with E-state index in [-0.39, 0.29) is 6.10 Å². The van der Waals surface area contributed by atoms with Crippen LogP contribution in [0.25, 0.3) is 11.3 Å². The summed E-state index contributed by atoms with van der Waals surface area (Å²) >= 11 is 0. The summed E-state index contributed by atoms with van der Waals surface area (Å²) < 4.78 is 6.32. The zero-order valence-electron chi connectivity index (χ0n) is 15.7. The largest absolute Gasteiger partial charge is 0.488 e. The van der Waals surface area contributed by atoms with E-state index in [9.17, 15) is 0 Å². The fraction of sp³-hybridized carbons (Fsp3) is 0.261. The second-order valence-corrected chi connectivity index (χ2v) is 6.99. The molecule has 0 amide bonds. The van der Waals surface area contributed by atoms with Gasteiger partial charge in [-0.2, -0.15) is 5.26 Å². The SMILES string of the molecule is N#Cc1ccc(CN2CCC(Oc3cccnc3-c3ccncc3)CC2)cc1. The fourth-order valence-corrected chi connectivity index (χ4v) is 3.52. The van der Waals surface area contributed by atoms with Crippen molar-refractivity contribution in [3.8, 4) is 23.1 Å². The van der Waals surface area contributed by atoms with Gasteiger partial charge in [-0.05, 0) is 54.8 Å². The molecular weight excluding hydrogens is 348 g/mol. The van der Waals surface area contributed by atoms with E-state index < -0.39 is 0 Å². The molecule has 1 fully saturated rings. The van der Waals surface area contributed by atoms with Crippen molar-refractivity contribution in [2.24, 2.45) is 0 Å². The zero-order valence-corrected chi connectivity index (χ0v) is 15.7. The summed E-state index contributed by atoms with van der Waals surface area (Å²) in [6.07, 6.45) is 7.51. The molecule has 140 valence electrons. The maximum atomic E-state index is 8.91. The third-order valence-electron chi connectivity index (χ3n) is 5.04.